The van der Waals surface area contributed by atoms with Crippen molar-refractivity contribution >= 4 is 10.0 Å². The van der Waals surface area contributed by atoms with E-state index in [1.807, 2.05) is 13.8 Å². The van der Waals surface area contributed by atoms with Crippen molar-refractivity contribution in [3.8, 4) is 11.8 Å². The second-order valence-electron chi connectivity index (χ2n) is 4.27. The average molecular weight is 296 g/mol. The molecule has 0 bridgehead atoms. The van der Waals surface area contributed by atoms with Crippen molar-refractivity contribution in [3.05, 3.63) is 24.0 Å². The highest BCUT2D eigenvalue weighted by Gasteiger charge is 2.23. The van der Waals surface area contributed by atoms with Crippen molar-refractivity contribution < 1.29 is 13.5 Å². The van der Waals surface area contributed by atoms with Gasteiger partial charge in [-0.3, -0.25) is 4.98 Å². The van der Waals surface area contributed by atoms with Gasteiger partial charge >= 0.3 is 0 Å². The normalized spacial score (nSPS) is 11.2. The van der Waals surface area contributed by atoms with Gasteiger partial charge in [0.05, 0.1) is 0 Å². The van der Waals surface area contributed by atoms with Crippen LogP contribution in [0.1, 0.15) is 32.3 Å². The molecule has 0 radical (unpaired) electrons. The number of hydrogen-bond donors (Lipinski definition) is 1. The fourth-order valence-electron chi connectivity index (χ4n) is 1.77. The first-order chi connectivity index (χ1) is 9.56. The second-order valence-corrected chi connectivity index (χ2v) is 6.21. The molecule has 1 aromatic rings. The lowest BCUT2D eigenvalue weighted by Crippen LogP contribution is -2.32. The summed E-state index contributed by atoms with van der Waals surface area (Å²) in [5.41, 5.74) is 0.480. The van der Waals surface area contributed by atoms with Crippen LogP contribution in [0.2, 0.25) is 0 Å². The number of nitrogens with zero attached hydrogens (tertiary/aromatic N) is 2. The number of aliphatic hydroxyl groups is 1. The summed E-state index contributed by atoms with van der Waals surface area (Å²) in [7, 11) is -3.53. The van der Waals surface area contributed by atoms with Gasteiger partial charge in [-0.05, 0) is 18.9 Å². The lowest BCUT2D eigenvalue weighted by molar-refractivity contribution is 0.350. The molecule has 1 heterocycles. The third-order valence-electron chi connectivity index (χ3n) is 2.61. The first-order valence-corrected chi connectivity index (χ1v) is 8.05. The summed E-state index contributed by atoms with van der Waals surface area (Å²) in [6.45, 7) is 4.60. The van der Waals surface area contributed by atoms with Crippen molar-refractivity contribution in [3.63, 3.8) is 0 Å². The maximum absolute atomic E-state index is 12.5. The summed E-state index contributed by atoms with van der Waals surface area (Å²) < 4.78 is 26.5. The Bertz CT molecular complexity index is 582. The van der Waals surface area contributed by atoms with Crippen LogP contribution in [0.25, 0.3) is 0 Å². The molecule has 0 atom stereocenters. The van der Waals surface area contributed by atoms with E-state index < -0.39 is 10.0 Å². The monoisotopic (exact) mass is 296 g/mol. The number of pyridine rings is 1. The summed E-state index contributed by atoms with van der Waals surface area (Å²) in [4.78, 5) is 4.06. The minimum atomic E-state index is -3.53. The summed E-state index contributed by atoms with van der Waals surface area (Å²) in [5.74, 6) is 5.14. The minimum absolute atomic E-state index is 0.143. The molecule has 0 aliphatic heterocycles. The molecule has 6 heteroatoms. The van der Waals surface area contributed by atoms with Gasteiger partial charge < -0.3 is 5.11 Å². The molecule has 0 unspecified atom stereocenters. The fraction of sp³-hybridized carbons (Fsp3) is 0.500. The van der Waals surface area contributed by atoms with Gasteiger partial charge in [0.1, 0.15) is 11.5 Å². The van der Waals surface area contributed by atoms with Crippen LogP contribution in [0, 0.1) is 11.8 Å². The molecule has 0 fully saturated rings. The van der Waals surface area contributed by atoms with Crippen LogP contribution < -0.4 is 0 Å². The predicted octanol–water partition coefficient (Wildman–Crippen LogP) is 1.24. The van der Waals surface area contributed by atoms with Crippen LogP contribution in [0.5, 0.6) is 0 Å². The number of sulfonamides is 1. The zero-order valence-electron chi connectivity index (χ0n) is 11.8. The van der Waals surface area contributed by atoms with Crippen molar-refractivity contribution in [2.45, 2.75) is 31.6 Å². The maximum Gasteiger partial charge on any atom is 0.244 e. The zero-order valence-corrected chi connectivity index (χ0v) is 12.7. The van der Waals surface area contributed by atoms with E-state index in [1.165, 1.54) is 22.8 Å². The largest absolute Gasteiger partial charge is 0.384 e. The molecule has 0 spiro atoms. The van der Waals surface area contributed by atoms with Crippen LogP contribution in [-0.2, 0) is 10.0 Å². The quantitative estimate of drug-likeness (QED) is 0.802. The van der Waals surface area contributed by atoms with Gasteiger partial charge in [0.15, 0.2) is 0 Å². The molecule has 0 aromatic carbocycles. The van der Waals surface area contributed by atoms with Crippen molar-refractivity contribution in [2.24, 2.45) is 0 Å². The van der Waals surface area contributed by atoms with Gasteiger partial charge in [-0.2, -0.15) is 4.31 Å². The van der Waals surface area contributed by atoms with Gasteiger partial charge in [-0.15, -0.1) is 0 Å². The van der Waals surface area contributed by atoms with Crippen LogP contribution >= 0.6 is 0 Å². The Labute approximate surface area is 120 Å². The predicted molar refractivity (Wildman–Crippen MR) is 77.5 cm³/mol. The fourth-order valence-corrected chi connectivity index (χ4v) is 3.38. The van der Waals surface area contributed by atoms with Crippen molar-refractivity contribution in [1.82, 2.24) is 9.29 Å². The van der Waals surface area contributed by atoms with E-state index in [4.69, 9.17) is 5.11 Å². The Kier molecular flexibility index (Phi) is 6.65. The topological polar surface area (TPSA) is 70.5 Å². The molecule has 20 heavy (non-hydrogen) atoms. The molecular weight excluding hydrogens is 276 g/mol. The van der Waals surface area contributed by atoms with E-state index in [2.05, 4.69) is 16.8 Å². The standard InChI is InChI=1S/C14H20N2O3S/c1-3-7-16(8-4-2)20(18,19)14-10-13(6-5-9-17)11-15-12-14/h10-12,17H,3-4,7-9H2,1-2H3. The SMILES string of the molecule is CCCN(CCC)S(=O)(=O)c1cncc(C#CCO)c1. The second kappa shape index (κ2) is 8.00. The van der Waals surface area contributed by atoms with Gasteiger partial charge in [0.25, 0.3) is 0 Å². The summed E-state index contributed by atoms with van der Waals surface area (Å²) in [6.07, 6.45) is 4.33. The summed E-state index contributed by atoms with van der Waals surface area (Å²) in [6, 6.07) is 1.49. The smallest absolute Gasteiger partial charge is 0.244 e. The van der Waals surface area contributed by atoms with Gasteiger partial charge in [0.2, 0.25) is 10.0 Å². The molecule has 0 aliphatic rings. The first-order valence-electron chi connectivity index (χ1n) is 6.61. The molecule has 5 nitrogen and oxygen atoms in total. The molecule has 1 rings (SSSR count). The highest BCUT2D eigenvalue weighted by molar-refractivity contribution is 7.89. The highest BCUT2D eigenvalue weighted by atomic mass is 32.2. The molecule has 1 aromatic heterocycles. The van der Waals surface area contributed by atoms with Crippen LogP contribution in [0.15, 0.2) is 23.4 Å². The van der Waals surface area contributed by atoms with Gasteiger partial charge in [-0.1, -0.05) is 25.7 Å². The van der Waals surface area contributed by atoms with Crippen LogP contribution in [-0.4, -0.2) is 42.5 Å². The van der Waals surface area contributed by atoms with Gasteiger partial charge in [0, 0.05) is 31.0 Å². The number of hydrogen-bond acceptors (Lipinski definition) is 4. The highest BCUT2D eigenvalue weighted by Crippen LogP contribution is 2.16. The molecule has 0 saturated heterocycles. The third-order valence-corrected chi connectivity index (χ3v) is 4.47. The number of aliphatic hydroxyl groups excluding tert-OH is 1. The minimum Gasteiger partial charge on any atom is -0.384 e. The summed E-state index contributed by atoms with van der Waals surface area (Å²) >= 11 is 0. The van der Waals surface area contributed by atoms with Crippen molar-refractivity contribution in [2.75, 3.05) is 19.7 Å². The van der Waals surface area contributed by atoms with Gasteiger partial charge in [-0.25, -0.2) is 8.42 Å². The first kappa shape index (κ1) is 16.6. The molecule has 1 N–H and O–H groups in total. The third kappa shape index (κ3) is 4.30. The van der Waals surface area contributed by atoms with E-state index in [1.54, 1.807) is 0 Å². The van der Waals surface area contributed by atoms with E-state index in [-0.39, 0.29) is 11.5 Å². The Balaban J connectivity index is 3.13. The molecule has 0 saturated carbocycles. The van der Waals surface area contributed by atoms with Crippen LogP contribution in [0.4, 0.5) is 0 Å². The molecule has 110 valence electrons. The van der Waals surface area contributed by atoms with E-state index >= 15 is 0 Å². The van der Waals surface area contributed by atoms with Crippen molar-refractivity contribution in [1.29, 1.82) is 0 Å². The molecule has 0 aliphatic carbocycles. The lowest BCUT2D eigenvalue weighted by atomic mass is 10.3. The maximum atomic E-state index is 12.5. The van der Waals surface area contributed by atoms with E-state index in [0.29, 0.717) is 18.7 Å². The summed E-state index contributed by atoms with van der Waals surface area (Å²) in [5, 5.41) is 8.66. The number of aromatic nitrogens is 1. The average Bonchev–Trinajstić information content (AvgIpc) is 2.45. The Hall–Kier alpha value is -1.42. The number of rotatable bonds is 6. The van der Waals surface area contributed by atoms with E-state index in [0.717, 1.165) is 12.8 Å². The molecular formula is C14H20N2O3S. The Morgan fingerprint density at radius 3 is 2.45 bits per heavy atom. The molecule has 0 amide bonds. The van der Waals surface area contributed by atoms with E-state index in [9.17, 15) is 8.42 Å². The lowest BCUT2D eigenvalue weighted by Gasteiger charge is -2.20. The Morgan fingerprint density at radius 1 is 1.25 bits per heavy atom. The van der Waals surface area contributed by atoms with Crippen LogP contribution in [0.3, 0.4) is 0 Å². The zero-order chi connectivity index (χ0) is 15.0. The Morgan fingerprint density at radius 2 is 1.90 bits per heavy atom.